The number of amides is 1. The molecule has 0 aromatic heterocycles. The van der Waals surface area contributed by atoms with Crippen LogP contribution in [0.2, 0.25) is 0 Å². The molecular formula is C17H17NO4S. The molecule has 0 saturated carbocycles. The van der Waals surface area contributed by atoms with Gasteiger partial charge in [-0.3, -0.25) is 4.79 Å². The molecular weight excluding hydrogens is 314 g/mol. The molecule has 0 bridgehead atoms. The highest BCUT2D eigenvalue weighted by Crippen LogP contribution is 2.28. The number of rotatable bonds is 6. The Labute approximate surface area is 135 Å². The van der Waals surface area contributed by atoms with Crippen LogP contribution in [0.4, 0.5) is 0 Å². The summed E-state index contributed by atoms with van der Waals surface area (Å²) in [6, 6.07) is 14.3. The maximum atomic E-state index is 12.7. The van der Waals surface area contributed by atoms with Crippen molar-refractivity contribution in [3.63, 3.8) is 0 Å². The van der Waals surface area contributed by atoms with E-state index in [-0.39, 0.29) is 5.75 Å². The van der Waals surface area contributed by atoms with Gasteiger partial charge >= 0.3 is 0 Å². The van der Waals surface area contributed by atoms with Crippen molar-refractivity contribution in [2.45, 2.75) is 24.3 Å². The third kappa shape index (κ3) is 3.43. The molecule has 1 aliphatic rings. The third-order valence-corrected chi connectivity index (χ3v) is 5.70. The second kappa shape index (κ2) is 6.52. The van der Waals surface area contributed by atoms with Crippen LogP contribution in [-0.4, -0.2) is 14.8 Å². The van der Waals surface area contributed by atoms with E-state index < -0.39 is 15.2 Å². The highest BCUT2D eigenvalue weighted by molar-refractivity contribution is 7.90. The van der Waals surface area contributed by atoms with Crippen LogP contribution in [0.25, 0.3) is 0 Å². The third-order valence-electron chi connectivity index (χ3n) is 3.84. The number of nitrogens with one attached hydrogen (secondary N) is 1. The number of carbonyl (C=O) groups excluding carboxylic acids is 1. The minimum absolute atomic E-state index is 0.132. The van der Waals surface area contributed by atoms with Gasteiger partial charge in [0.05, 0.1) is 19.0 Å². The van der Waals surface area contributed by atoms with Crippen LogP contribution in [-0.2, 0) is 38.3 Å². The summed E-state index contributed by atoms with van der Waals surface area (Å²) in [6.45, 7) is 1.01. The molecule has 1 aliphatic heterocycles. The van der Waals surface area contributed by atoms with Gasteiger partial charge in [0.25, 0.3) is 0 Å². The van der Waals surface area contributed by atoms with Crippen LogP contribution in [0.3, 0.4) is 0 Å². The van der Waals surface area contributed by atoms with Crippen LogP contribution in [0.1, 0.15) is 27.6 Å². The van der Waals surface area contributed by atoms with Gasteiger partial charge in [-0.15, -0.1) is 0 Å². The predicted molar refractivity (Wildman–Crippen MR) is 85.9 cm³/mol. The van der Waals surface area contributed by atoms with E-state index in [4.69, 9.17) is 4.74 Å². The standard InChI is InChI=1S/C17H17NO4S/c19-12-18-17(14-6-7-15-9-22-10-16(15)8-14)23(20,21)11-13-4-2-1-3-5-13/h1-8,12,17H,9-11H2,(H,18,19). The lowest BCUT2D eigenvalue weighted by Crippen LogP contribution is -2.29. The van der Waals surface area contributed by atoms with Gasteiger partial charge in [0, 0.05) is 0 Å². The summed E-state index contributed by atoms with van der Waals surface area (Å²) in [5, 5.41) is 1.38. The van der Waals surface area contributed by atoms with Crippen LogP contribution >= 0.6 is 0 Å². The van der Waals surface area contributed by atoms with Crippen LogP contribution < -0.4 is 5.32 Å². The maximum absolute atomic E-state index is 12.7. The summed E-state index contributed by atoms with van der Waals surface area (Å²) in [4.78, 5) is 10.9. The Kier molecular flexibility index (Phi) is 4.45. The molecule has 2 aromatic rings. The van der Waals surface area contributed by atoms with Crippen molar-refractivity contribution in [2.75, 3.05) is 0 Å². The molecule has 23 heavy (non-hydrogen) atoms. The first-order chi connectivity index (χ1) is 11.1. The van der Waals surface area contributed by atoms with E-state index in [1.54, 1.807) is 36.4 Å². The van der Waals surface area contributed by atoms with Gasteiger partial charge < -0.3 is 10.1 Å². The number of ether oxygens (including phenoxy) is 1. The number of benzene rings is 2. The van der Waals surface area contributed by atoms with Gasteiger partial charge in [0.15, 0.2) is 15.2 Å². The fourth-order valence-corrected chi connectivity index (χ4v) is 4.36. The summed E-state index contributed by atoms with van der Waals surface area (Å²) in [6.07, 6.45) is 0.428. The monoisotopic (exact) mass is 331 g/mol. The van der Waals surface area contributed by atoms with E-state index in [2.05, 4.69) is 5.32 Å². The number of carbonyl (C=O) groups is 1. The van der Waals surface area contributed by atoms with Crippen LogP contribution in [0.5, 0.6) is 0 Å². The number of hydrogen-bond acceptors (Lipinski definition) is 4. The summed E-state index contributed by atoms with van der Waals surface area (Å²) in [5.41, 5.74) is 3.26. The lowest BCUT2D eigenvalue weighted by atomic mass is 10.1. The highest BCUT2D eigenvalue weighted by Gasteiger charge is 2.28. The predicted octanol–water partition coefficient (Wildman–Crippen LogP) is 2.08. The Bertz CT molecular complexity index is 803. The van der Waals surface area contributed by atoms with E-state index in [0.717, 1.165) is 11.1 Å². The first-order valence-corrected chi connectivity index (χ1v) is 8.96. The second-order valence-electron chi connectivity index (χ2n) is 5.48. The lowest BCUT2D eigenvalue weighted by molar-refractivity contribution is -0.109. The van der Waals surface area contributed by atoms with Crippen molar-refractivity contribution in [2.24, 2.45) is 0 Å². The van der Waals surface area contributed by atoms with Crippen molar-refractivity contribution in [3.8, 4) is 0 Å². The molecule has 1 heterocycles. The molecule has 0 spiro atoms. The zero-order valence-electron chi connectivity index (χ0n) is 12.4. The SMILES string of the molecule is O=CNC(c1ccc2c(c1)COC2)S(=O)(=O)Cc1ccccc1. The first-order valence-electron chi connectivity index (χ1n) is 7.25. The summed E-state index contributed by atoms with van der Waals surface area (Å²) < 4.78 is 30.8. The molecule has 1 amide bonds. The van der Waals surface area contributed by atoms with Gasteiger partial charge in [-0.2, -0.15) is 0 Å². The zero-order chi connectivity index (χ0) is 16.3. The molecule has 3 rings (SSSR count). The summed E-state index contributed by atoms with van der Waals surface area (Å²) in [5.74, 6) is -0.132. The Balaban J connectivity index is 1.93. The first kappa shape index (κ1) is 15.7. The van der Waals surface area contributed by atoms with Gasteiger partial charge in [0.1, 0.15) is 0 Å². The van der Waals surface area contributed by atoms with E-state index in [9.17, 15) is 13.2 Å². The molecule has 120 valence electrons. The smallest absolute Gasteiger partial charge is 0.208 e. The second-order valence-corrected chi connectivity index (χ2v) is 7.56. The Morgan fingerprint density at radius 1 is 1.09 bits per heavy atom. The quantitative estimate of drug-likeness (QED) is 0.823. The number of fused-ring (bicyclic) bond motifs is 1. The normalized spacial score (nSPS) is 15.0. The lowest BCUT2D eigenvalue weighted by Gasteiger charge is -2.18. The molecule has 1 atom stereocenters. The zero-order valence-corrected chi connectivity index (χ0v) is 13.3. The highest BCUT2D eigenvalue weighted by atomic mass is 32.2. The molecule has 5 nitrogen and oxygen atoms in total. The molecule has 0 fully saturated rings. The molecule has 0 aliphatic carbocycles. The fraction of sp³-hybridized carbons (Fsp3) is 0.235. The molecule has 1 unspecified atom stereocenters. The van der Waals surface area contributed by atoms with E-state index >= 15 is 0 Å². The van der Waals surface area contributed by atoms with E-state index in [1.807, 2.05) is 12.1 Å². The number of hydrogen-bond donors (Lipinski definition) is 1. The van der Waals surface area contributed by atoms with Gasteiger partial charge in [-0.1, -0.05) is 48.5 Å². The topological polar surface area (TPSA) is 72.5 Å². The Morgan fingerprint density at radius 2 is 1.83 bits per heavy atom. The average molecular weight is 331 g/mol. The largest absolute Gasteiger partial charge is 0.372 e. The van der Waals surface area contributed by atoms with E-state index in [0.29, 0.717) is 30.8 Å². The number of sulfone groups is 1. The van der Waals surface area contributed by atoms with Gasteiger partial charge in [-0.25, -0.2) is 8.42 Å². The fourth-order valence-electron chi connectivity index (χ4n) is 2.71. The average Bonchev–Trinajstić information content (AvgIpc) is 3.00. The molecule has 6 heteroatoms. The minimum Gasteiger partial charge on any atom is -0.372 e. The molecule has 0 saturated heterocycles. The minimum atomic E-state index is -3.59. The van der Waals surface area contributed by atoms with Crippen molar-refractivity contribution in [3.05, 3.63) is 70.8 Å². The maximum Gasteiger partial charge on any atom is 0.208 e. The van der Waals surface area contributed by atoms with Crippen molar-refractivity contribution in [1.82, 2.24) is 5.32 Å². The van der Waals surface area contributed by atoms with Gasteiger partial charge in [-0.05, 0) is 22.3 Å². The van der Waals surface area contributed by atoms with Crippen LogP contribution in [0.15, 0.2) is 48.5 Å². The van der Waals surface area contributed by atoms with Crippen molar-refractivity contribution < 1.29 is 17.9 Å². The summed E-state index contributed by atoms with van der Waals surface area (Å²) in [7, 11) is -3.59. The van der Waals surface area contributed by atoms with Crippen LogP contribution in [0, 0.1) is 0 Å². The van der Waals surface area contributed by atoms with E-state index in [1.165, 1.54) is 0 Å². The Morgan fingerprint density at radius 3 is 2.57 bits per heavy atom. The molecule has 0 radical (unpaired) electrons. The van der Waals surface area contributed by atoms with Gasteiger partial charge in [0.2, 0.25) is 6.41 Å². The Hall–Kier alpha value is -2.18. The van der Waals surface area contributed by atoms with Crippen molar-refractivity contribution in [1.29, 1.82) is 0 Å². The molecule has 2 aromatic carbocycles. The van der Waals surface area contributed by atoms with Crippen molar-refractivity contribution >= 4 is 16.2 Å². The summed E-state index contributed by atoms with van der Waals surface area (Å²) >= 11 is 0. The molecule has 1 N–H and O–H groups in total.